The first kappa shape index (κ1) is 25.2. The summed E-state index contributed by atoms with van der Waals surface area (Å²) in [6.07, 6.45) is 7.50. The number of benzene rings is 4. The van der Waals surface area contributed by atoms with E-state index >= 15 is 0 Å². The van der Waals surface area contributed by atoms with E-state index in [2.05, 4.69) is 58.9 Å². The number of ether oxygens (including phenoxy) is 2. The maximum Gasteiger partial charge on any atom is 0.180 e. The van der Waals surface area contributed by atoms with Gasteiger partial charge >= 0.3 is 0 Å². The van der Waals surface area contributed by atoms with Crippen molar-refractivity contribution in [1.29, 1.82) is 0 Å². The lowest BCUT2D eigenvalue weighted by Gasteiger charge is -2.37. The molecule has 1 aliphatic carbocycles. The second kappa shape index (κ2) is 11.0. The molecule has 0 fully saturated rings. The standard InChI is InChI=1S/C33H28ClFN2O2/c1-38-31-18-22(17-29(34)33(31)39-20-21-9-13-24(35)14-10-21)19-36-25-15-11-23(12-16-25)32-28-7-4-6-26(28)27-5-2-3-8-30(27)37-32/h2-6,8-19,26,28,32,37H,7,20H2,1H3/t26-,28-,32+/m1/s1. The molecule has 1 N–H and O–H groups in total. The van der Waals surface area contributed by atoms with Gasteiger partial charge in [0.15, 0.2) is 11.5 Å². The van der Waals surface area contributed by atoms with E-state index in [-0.39, 0.29) is 18.5 Å². The van der Waals surface area contributed by atoms with Gasteiger partial charge in [0, 0.05) is 17.8 Å². The number of para-hydroxylation sites is 1. The smallest absolute Gasteiger partial charge is 0.180 e. The number of methoxy groups -OCH3 is 1. The average Bonchev–Trinajstić information content (AvgIpc) is 3.46. The van der Waals surface area contributed by atoms with Crippen LogP contribution in [0.1, 0.15) is 40.6 Å². The summed E-state index contributed by atoms with van der Waals surface area (Å²) in [5.74, 6) is 1.61. The second-order valence-electron chi connectivity index (χ2n) is 9.86. The fraction of sp³-hybridized carbons (Fsp3) is 0.182. The van der Waals surface area contributed by atoms with Gasteiger partial charge in [0.05, 0.1) is 23.9 Å². The third-order valence-corrected chi connectivity index (χ3v) is 7.72. The Morgan fingerprint density at radius 1 is 1.03 bits per heavy atom. The van der Waals surface area contributed by atoms with Crippen LogP contribution in [-0.4, -0.2) is 13.3 Å². The van der Waals surface area contributed by atoms with Crippen molar-refractivity contribution < 1.29 is 13.9 Å². The number of nitrogens with one attached hydrogen (secondary N) is 1. The van der Waals surface area contributed by atoms with E-state index in [0.29, 0.717) is 28.4 Å². The summed E-state index contributed by atoms with van der Waals surface area (Å²) in [4.78, 5) is 4.66. The molecule has 4 aromatic rings. The molecule has 39 heavy (non-hydrogen) atoms. The summed E-state index contributed by atoms with van der Waals surface area (Å²) in [6.45, 7) is 0.245. The minimum Gasteiger partial charge on any atom is -0.493 e. The topological polar surface area (TPSA) is 42.8 Å². The van der Waals surface area contributed by atoms with E-state index < -0.39 is 0 Å². The van der Waals surface area contributed by atoms with Crippen LogP contribution in [0.4, 0.5) is 15.8 Å². The molecule has 0 saturated carbocycles. The maximum atomic E-state index is 13.2. The summed E-state index contributed by atoms with van der Waals surface area (Å²) < 4.78 is 24.6. The molecule has 4 aromatic carbocycles. The number of aliphatic imine (C=N–C) groups is 1. The van der Waals surface area contributed by atoms with Gasteiger partial charge in [0.2, 0.25) is 0 Å². The van der Waals surface area contributed by atoms with Crippen molar-refractivity contribution in [1.82, 2.24) is 0 Å². The zero-order chi connectivity index (χ0) is 26.8. The van der Waals surface area contributed by atoms with Gasteiger partial charge in [-0.05, 0) is 77.1 Å². The molecule has 4 nitrogen and oxygen atoms in total. The Hall–Kier alpha value is -4.09. The van der Waals surface area contributed by atoms with Gasteiger partial charge < -0.3 is 14.8 Å². The van der Waals surface area contributed by atoms with Crippen LogP contribution in [0.15, 0.2) is 102 Å². The van der Waals surface area contributed by atoms with Gasteiger partial charge in [-0.1, -0.05) is 66.2 Å². The summed E-state index contributed by atoms with van der Waals surface area (Å²) in [6, 6.07) is 27.0. The first-order chi connectivity index (χ1) is 19.1. The average molecular weight is 539 g/mol. The Kier molecular flexibility index (Phi) is 7.08. The maximum absolute atomic E-state index is 13.2. The number of halogens is 2. The Balaban J connectivity index is 1.16. The van der Waals surface area contributed by atoms with Crippen molar-refractivity contribution >= 4 is 29.2 Å². The summed E-state index contributed by atoms with van der Waals surface area (Å²) >= 11 is 6.53. The minimum atomic E-state index is -0.288. The minimum absolute atomic E-state index is 0.245. The lowest BCUT2D eigenvalue weighted by Crippen LogP contribution is -2.28. The van der Waals surface area contributed by atoms with Crippen LogP contribution in [0.2, 0.25) is 5.02 Å². The van der Waals surface area contributed by atoms with Crippen molar-refractivity contribution in [3.05, 3.63) is 130 Å². The van der Waals surface area contributed by atoms with E-state index in [0.717, 1.165) is 23.2 Å². The van der Waals surface area contributed by atoms with Crippen LogP contribution >= 0.6 is 11.6 Å². The highest BCUT2D eigenvalue weighted by atomic mass is 35.5. The van der Waals surface area contributed by atoms with E-state index in [9.17, 15) is 4.39 Å². The SMILES string of the molecule is COc1cc(C=Nc2ccc([C@@H]3Nc4ccccc4[C@H]4C=CC[C@H]43)cc2)cc(Cl)c1OCc1ccc(F)cc1. The third kappa shape index (κ3) is 5.27. The fourth-order valence-corrected chi connectivity index (χ4v) is 5.75. The molecule has 196 valence electrons. The summed E-state index contributed by atoms with van der Waals surface area (Å²) in [5.41, 5.74) is 6.33. The van der Waals surface area contributed by atoms with E-state index in [1.54, 1.807) is 31.5 Å². The number of allylic oxidation sites excluding steroid dienone is 2. The van der Waals surface area contributed by atoms with Crippen molar-refractivity contribution in [2.75, 3.05) is 12.4 Å². The van der Waals surface area contributed by atoms with Gasteiger partial charge in [0.25, 0.3) is 0 Å². The summed E-state index contributed by atoms with van der Waals surface area (Å²) in [5, 5.41) is 4.19. The highest BCUT2D eigenvalue weighted by Gasteiger charge is 2.37. The van der Waals surface area contributed by atoms with Crippen LogP contribution in [0, 0.1) is 11.7 Å². The second-order valence-corrected chi connectivity index (χ2v) is 10.3. The molecule has 3 atom stereocenters. The lowest BCUT2D eigenvalue weighted by atomic mass is 9.77. The van der Waals surface area contributed by atoms with Gasteiger partial charge in [-0.2, -0.15) is 0 Å². The highest BCUT2D eigenvalue weighted by molar-refractivity contribution is 6.32. The Labute approximate surface area is 232 Å². The molecule has 1 aliphatic heterocycles. The molecule has 2 aliphatic rings. The molecule has 6 rings (SSSR count). The molecular weight excluding hydrogens is 511 g/mol. The van der Waals surface area contributed by atoms with Crippen molar-refractivity contribution in [2.24, 2.45) is 10.9 Å². The molecule has 6 heteroatoms. The quantitative estimate of drug-likeness (QED) is 0.189. The first-order valence-electron chi connectivity index (χ1n) is 13.0. The van der Waals surface area contributed by atoms with Crippen LogP contribution in [-0.2, 0) is 6.61 Å². The van der Waals surface area contributed by atoms with Crippen LogP contribution in [0.25, 0.3) is 0 Å². The molecule has 1 heterocycles. The number of hydrogen-bond donors (Lipinski definition) is 1. The van der Waals surface area contributed by atoms with Crippen LogP contribution in [0.3, 0.4) is 0 Å². The van der Waals surface area contributed by atoms with Crippen LogP contribution in [0.5, 0.6) is 11.5 Å². The fourth-order valence-electron chi connectivity index (χ4n) is 5.48. The molecule has 0 spiro atoms. The van der Waals surface area contributed by atoms with Crippen molar-refractivity contribution in [3.8, 4) is 11.5 Å². The predicted octanol–water partition coefficient (Wildman–Crippen LogP) is 8.64. The molecule has 0 bridgehead atoms. The monoisotopic (exact) mass is 538 g/mol. The Morgan fingerprint density at radius 3 is 2.62 bits per heavy atom. The van der Waals surface area contributed by atoms with Crippen molar-refractivity contribution in [3.63, 3.8) is 0 Å². The Morgan fingerprint density at radius 2 is 1.82 bits per heavy atom. The zero-order valence-corrected chi connectivity index (χ0v) is 22.2. The molecule has 0 saturated heterocycles. The zero-order valence-electron chi connectivity index (χ0n) is 21.5. The van der Waals surface area contributed by atoms with Gasteiger partial charge in [-0.3, -0.25) is 4.99 Å². The third-order valence-electron chi connectivity index (χ3n) is 7.44. The van der Waals surface area contributed by atoms with Crippen LogP contribution < -0.4 is 14.8 Å². The highest BCUT2D eigenvalue weighted by Crippen LogP contribution is 2.49. The van der Waals surface area contributed by atoms with Gasteiger partial charge in [-0.25, -0.2) is 4.39 Å². The lowest BCUT2D eigenvalue weighted by molar-refractivity contribution is 0.284. The van der Waals surface area contributed by atoms with Crippen molar-refractivity contribution in [2.45, 2.75) is 25.0 Å². The molecule has 0 amide bonds. The van der Waals surface area contributed by atoms with E-state index in [4.69, 9.17) is 21.1 Å². The molecule has 0 unspecified atom stereocenters. The van der Waals surface area contributed by atoms with Gasteiger partial charge in [0.1, 0.15) is 12.4 Å². The number of nitrogens with zero attached hydrogens (tertiary/aromatic N) is 1. The molecular formula is C33H28ClFN2O2. The van der Waals surface area contributed by atoms with E-state index in [1.807, 2.05) is 18.2 Å². The normalized spacial score (nSPS) is 19.4. The predicted molar refractivity (Wildman–Crippen MR) is 155 cm³/mol. The number of hydrogen-bond acceptors (Lipinski definition) is 4. The van der Waals surface area contributed by atoms with E-state index in [1.165, 1.54) is 28.9 Å². The number of anilines is 1. The molecule has 0 radical (unpaired) electrons. The number of fused-ring (bicyclic) bond motifs is 3. The molecule has 0 aromatic heterocycles. The first-order valence-corrected chi connectivity index (χ1v) is 13.4. The number of rotatable bonds is 7. The largest absolute Gasteiger partial charge is 0.493 e. The van der Waals surface area contributed by atoms with Gasteiger partial charge in [-0.15, -0.1) is 0 Å². The summed E-state index contributed by atoms with van der Waals surface area (Å²) in [7, 11) is 1.57. The Bertz CT molecular complexity index is 1530.